The van der Waals surface area contributed by atoms with E-state index >= 15 is 0 Å². The van der Waals surface area contributed by atoms with Gasteiger partial charge in [-0.15, -0.1) is 22.0 Å². The minimum absolute atomic E-state index is 0.0482. The van der Waals surface area contributed by atoms with Gasteiger partial charge < -0.3 is 4.74 Å². The lowest BCUT2D eigenvalue weighted by molar-refractivity contribution is -0.115. The van der Waals surface area contributed by atoms with Crippen molar-refractivity contribution in [3.05, 3.63) is 35.1 Å². The van der Waals surface area contributed by atoms with E-state index in [4.69, 9.17) is 4.74 Å². The molecule has 1 amide bonds. The Morgan fingerprint density at radius 2 is 2.35 bits per heavy atom. The molecule has 104 valence electrons. The summed E-state index contributed by atoms with van der Waals surface area (Å²) in [5.74, 6) is 0.0402. The van der Waals surface area contributed by atoms with Crippen LogP contribution in [0.2, 0.25) is 0 Å². The summed E-state index contributed by atoms with van der Waals surface area (Å²) < 4.78 is 18.7. The first-order valence-electron chi connectivity index (χ1n) is 5.74. The van der Waals surface area contributed by atoms with Gasteiger partial charge in [0.2, 0.25) is 11.0 Å². The molecule has 1 aliphatic rings. The maximum absolute atomic E-state index is 13.8. The predicted octanol–water partition coefficient (Wildman–Crippen LogP) is 2.46. The fraction of sp³-hybridized carbons (Fsp3) is 0.250. The minimum Gasteiger partial charge on any atom is -0.494 e. The summed E-state index contributed by atoms with van der Waals surface area (Å²) in [6.07, 6.45) is 0. The Morgan fingerprint density at radius 3 is 3.00 bits per heavy atom. The van der Waals surface area contributed by atoms with Gasteiger partial charge in [0.15, 0.2) is 11.6 Å². The van der Waals surface area contributed by atoms with Gasteiger partial charge in [0, 0.05) is 0 Å². The molecule has 1 aromatic heterocycles. The van der Waals surface area contributed by atoms with Crippen LogP contribution in [0.25, 0.3) is 0 Å². The molecule has 2 aromatic rings. The zero-order valence-electron chi connectivity index (χ0n) is 10.4. The van der Waals surface area contributed by atoms with E-state index in [0.29, 0.717) is 16.4 Å². The Morgan fingerprint density at radius 1 is 1.50 bits per heavy atom. The Hall–Kier alpha value is -1.67. The van der Waals surface area contributed by atoms with Gasteiger partial charge in [0.25, 0.3) is 0 Å². The Balaban J connectivity index is 1.96. The van der Waals surface area contributed by atoms with Gasteiger partial charge in [-0.2, -0.15) is 0 Å². The molecule has 1 atom stereocenters. The van der Waals surface area contributed by atoms with Crippen LogP contribution in [-0.2, 0) is 4.79 Å². The van der Waals surface area contributed by atoms with Crippen molar-refractivity contribution < 1.29 is 13.9 Å². The molecule has 0 spiro atoms. The van der Waals surface area contributed by atoms with E-state index in [1.807, 2.05) is 0 Å². The number of aromatic nitrogens is 2. The number of hydrogen-bond donors (Lipinski definition) is 0. The van der Waals surface area contributed by atoms with E-state index in [9.17, 15) is 9.18 Å². The number of methoxy groups -OCH3 is 1. The van der Waals surface area contributed by atoms with Crippen LogP contribution in [0.5, 0.6) is 5.75 Å². The standard InChI is InChI=1S/C12H10FN3O2S2/c1-18-9-3-2-7(4-8(9)13)11-16(10(17)5-19-11)12-15-14-6-20-12/h2-4,6,11H,5H2,1H3. The highest BCUT2D eigenvalue weighted by molar-refractivity contribution is 8.00. The van der Waals surface area contributed by atoms with Crippen molar-refractivity contribution in [2.45, 2.75) is 5.37 Å². The quantitative estimate of drug-likeness (QED) is 0.871. The van der Waals surface area contributed by atoms with E-state index in [-0.39, 0.29) is 17.0 Å². The zero-order chi connectivity index (χ0) is 14.1. The van der Waals surface area contributed by atoms with E-state index in [2.05, 4.69) is 10.2 Å². The summed E-state index contributed by atoms with van der Waals surface area (Å²) in [7, 11) is 1.42. The second-order valence-corrected chi connectivity index (χ2v) is 5.92. The first-order valence-corrected chi connectivity index (χ1v) is 7.67. The van der Waals surface area contributed by atoms with E-state index in [1.165, 1.54) is 36.3 Å². The SMILES string of the molecule is COc1ccc(C2SCC(=O)N2c2nncs2)cc1F. The van der Waals surface area contributed by atoms with E-state index in [1.54, 1.807) is 22.5 Å². The highest BCUT2D eigenvalue weighted by atomic mass is 32.2. The molecule has 0 saturated carbocycles. The maximum atomic E-state index is 13.8. The molecule has 3 rings (SSSR count). The molecular formula is C12H10FN3O2S2. The predicted molar refractivity (Wildman–Crippen MR) is 75.5 cm³/mol. The molecule has 0 radical (unpaired) electrons. The van der Waals surface area contributed by atoms with Gasteiger partial charge >= 0.3 is 0 Å². The summed E-state index contributed by atoms with van der Waals surface area (Å²) >= 11 is 2.73. The average Bonchev–Trinajstić information content (AvgIpc) is 3.07. The lowest BCUT2D eigenvalue weighted by atomic mass is 10.2. The third kappa shape index (κ3) is 2.25. The molecule has 0 aliphatic carbocycles. The lowest BCUT2D eigenvalue weighted by Crippen LogP contribution is -2.27. The van der Waals surface area contributed by atoms with E-state index in [0.717, 1.165) is 0 Å². The molecule has 0 bridgehead atoms. The largest absolute Gasteiger partial charge is 0.494 e. The second kappa shape index (κ2) is 5.37. The highest BCUT2D eigenvalue weighted by Crippen LogP contribution is 2.42. The average molecular weight is 311 g/mol. The third-order valence-electron chi connectivity index (χ3n) is 2.88. The molecule has 1 aliphatic heterocycles. The molecule has 8 heteroatoms. The Labute approximate surface area is 122 Å². The van der Waals surface area contributed by atoms with Crippen LogP contribution in [0.4, 0.5) is 9.52 Å². The molecule has 1 saturated heterocycles. The second-order valence-electron chi connectivity index (χ2n) is 4.04. The first kappa shape index (κ1) is 13.3. The van der Waals surface area contributed by atoms with Crippen molar-refractivity contribution in [3.63, 3.8) is 0 Å². The maximum Gasteiger partial charge on any atom is 0.240 e. The van der Waals surface area contributed by atoms with E-state index < -0.39 is 5.82 Å². The number of amides is 1. The Bertz CT molecular complexity index is 636. The van der Waals surface area contributed by atoms with Gasteiger partial charge in [-0.05, 0) is 17.7 Å². The fourth-order valence-corrected chi connectivity index (χ4v) is 3.80. The van der Waals surface area contributed by atoms with Crippen LogP contribution < -0.4 is 9.64 Å². The summed E-state index contributed by atoms with van der Waals surface area (Å²) in [6, 6.07) is 4.71. The third-order valence-corrected chi connectivity index (χ3v) is 4.78. The van der Waals surface area contributed by atoms with Crippen molar-refractivity contribution in [3.8, 4) is 5.75 Å². The van der Waals surface area contributed by atoms with Crippen molar-refractivity contribution >= 4 is 34.1 Å². The number of carbonyl (C=O) groups excluding carboxylic acids is 1. The van der Waals surface area contributed by atoms with Crippen LogP contribution >= 0.6 is 23.1 Å². The van der Waals surface area contributed by atoms with Crippen LogP contribution in [0.15, 0.2) is 23.7 Å². The monoisotopic (exact) mass is 311 g/mol. The van der Waals surface area contributed by atoms with Crippen molar-refractivity contribution in [2.24, 2.45) is 0 Å². The van der Waals surface area contributed by atoms with Crippen LogP contribution in [0, 0.1) is 5.82 Å². The topological polar surface area (TPSA) is 55.3 Å². The number of thioether (sulfide) groups is 1. The normalized spacial score (nSPS) is 18.6. The molecule has 2 heterocycles. The van der Waals surface area contributed by atoms with Gasteiger partial charge in [0.1, 0.15) is 10.9 Å². The number of ether oxygens (including phenoxy) is 1. The summed E-state index contributed by atoms with van der Waals surface area (Å²) in [6.45, 7) is 0. The number of anilines is 1. The summed E-state index contributed by atoms with van der Waals surface area (Å²) in [5.41, 5.74) is 2.27. The van der Waals surface area contributed by atoms with Crippen molar-refractivity contribution in [1.29, 1.82) is 0 Å². The van der Waals surface area contributed by atoms with Crippen LogP contribution in [0.1, 0.15) is 10.9 Å². The fourth-order valence-electron chi connectivity index (χ4n) is 1.99. The minimum atomic E-state index is -0.442. The number of rotatable bonds is 3. The zero-order valence-corrected chi connectivity index (χ0v) is 12.1. The van der Waals surface area contributed by atoms with Crippen LogP contribution in [0.3, 0.4) is 0 Å². The van der Waals surface area contributed by atoms with Crippen LogP contribution in [-0.4, -0.2) is 29.0 Å². The molecule has 1 fully saturated rings. The van der Waals surface area contributed by atoms with Crippen molar-refractivity contribution in [1.82, 2.24) is 10.2 Å². The Kier molecular flexibility index (Phi) is 3.58. The highest BCUT2D eigenvalue weighted by Gasteiger charge is 2.36. The molecule has 1 aromatic carbocycles. The first-order chi connectivity index (χ1) is 9.70. The van der Waals surface area contributed by atoms with Gasteiger partial charge in [-0.25, -0.2) is 4.39 Å². The molecule has 20 heavy (non-hydrogen) atoms. The van der Waals surface area contributed by atoms with Gasteiger partial charge in [-0.1, -0.05) is 17.4 Å². The summed E-state index contributed by atoms with van der Waals surface area (Å²) in [4.78, 5) is 13.5. The number of hydrogen-bond acceptors (Lipinski definition) is 6. The smallest absolute Gasteiger partial charge is 0.240 e. The lowest BCUT2D eigenvalue weighted by Gasteiger charge is -2.21. The summed E-state index contributed by atoms with van der Waals surface area (Å²) in [5, 5.41) is 7.92. The molecular weight excluding hydrogens is 301 g/mol. The molecule has 5 nitrogen and oxygen atoms in total. The number of halogens is 1. The van der Waals surface area contributed by atoms with Gasteiger partial charge in [-0.3, -0.25) is 9.69 Å². The number of benzene rings is 1. The molecule has 1 unspecified atom stereocenters. The number of carbonyl (C=O) groups is 1. The molecule has 0 N–H and O–H groups in total. The van der Waals surface area contributed by atoms with Gasteiger partial charge in [0.05, 0.1) is 12.9 Å². The number of nitrogens with zero attached hydrogens (tertiary/aromatic N) is 3. The van der Waals surface area contributed by atoms with Crippen molar-refractivity contribution in [2.75, 3.05) is 17.8 Å².